The molecule has 0 aromatic carbocycles. The van der Waals surface area contributed by atoms with Crippen molar-refractivity contribution in [3.05, 3.63) is 12.2 Å². The van der Waals surface area contributed by atoms with Crippen LogP contribution in [-0.2, 0) is 9.47 Å². The van der Waals surface area contributed by atoms with Crippen molar-refractivity contribution in [2.75, 3.05) is 14.2 Å². The average Bonchev–Trinajstić information content (AvgIpc) is 2.12. The molecule has 0 atom stereocenters. The van der Waals surface area contributed by atoms with Crippen molar-refractivity contribution in [3.63, 3.8) is 0 Å². The van der Waals surface area contributed by atoms with E-state index < -0.39 is 13.9 Å². The molecular formula is C12H26O2Si. The monoisotopic (exact) mass is 230 g/mol. The first-order valence-electron chi connectivity index (χ1n) is 5.49. The third-order valence-electron chi connectivity index (χ3n) is 2.58. The molecule has 3 heteroatoms. The largest absolute Gasteiger partial charge is 0.353 e. The molecule has 0 unspecified atom stereocenters. The highest BCUT2D eigenvalue weighted by atomic mass is 28.3. The summed E-state index contributed by atoms with van der Waals surface area (Å²) < 4.78 is 10.6. The Morgan fingerprint density at radius 2 is 1.67 bits per heavy atom. The number of ether oxygens (including phenoxy) is 2. The second kappa shape index (κ2) is 5.82. The van der Waals surface area contributed by atoms with Gasteiger partial charge < -0.3 is 9.47 Å². The van der Waals surface area contributed by atoms with Gasteiger partial charge in [0.25, 0.3) is 0 Å². The minimum Gasteiger partial charge on any atom is -0.353 e. The van der Waals surface area contributed by atoms with Gasteiger partial charge in [-0.3, -0.25) is 0 Å². The van der Waals surface area contributed by atoms with E-state index in [1.165, 1.54) is 11.6 Å². The lowest BCUT2D eigenvalue weighted by Gasteiger charge is -2.27. The van der Waals surface area contributed by atoms with E-state index >= 15 is 0 Å². The standard InChI is InChI=1S/C12H26O2Si/c1-11(10-15(5,6)7)8-9-12(2,13-3)14-4/h1,8-10H2,2-7H3. The van der Waals surface area contributed by atoms with Crippen LogP contribution in [0.3, 0.4) is 0 Å². The molecule has 2 nitrogen and oxygen atoms in total. The molecule has 0 amide bonds. The molecule has 0 rings (SSSR count). The molecule has 0 saturated heterocycles. The maximum atomic E-state index is 5.32. The summed E-state index contributed by atoms with van der Waals surface area (Å²) in [6.45, 7) is 13.2. The van der Waals surface area contributed by atoms with E-state index in [0.717, 1.165) is 12.8 Å². The first kappa shape index (κ1) is 14.9. The van der Waals surface area contributed by atoms with E-state index in [9.17, 15) is 0 Å². The molecule has 0 saturated carbocycles. The normalized spacial score (nSPS) is 12.9. The van der Waals surface area contributed by atoms with Crippen LogP contribution in [0.2, 0.25) is 25.7 Å². The summed E-state index contributed by atoms with van der Waals surface area (Å²) in [4.78, 5) is 0. The highest BCUT2D eigenvalue weighted by Crippen LogP contribution is 2.24. The lowest BCUT2D eigenvalue weighted by molar-refractivity contribution is -0.196. The van der Waals surface area contributed by atoms with Crippen LogP contribution in [0.1, 0.15) is 19.8 Å². The van der Waals surface area contributed by atoms with Gasteiger partial charge in [0.2, 0.25) is 0 Å². The zero-order valence-corrected chi connectivity index (χ0v) is 12.1. The molecule has 0 fully saturated rings. The number of rotatable bonds is 7. The van der Waals surface area contributed by atoms with Crippen LogP contribution in [0.4, 0.5) is 0 Å². The molecule has 0 spiro atoms. The smallest absolute Gasteiger partial charge is 0.165 e. The third-order valence-corrected chi connectivity index (χ3v) is 4.14. The third kappa shape index (κ3) is 6.87. The highest BCUT2D eigenvalue weighted by molar-refractivity contribution is 6.76. The topological polar surface area (TPSA) is 18.5 Å². The fraction of sp³-hybridized carbons (Fsp3) is 0.833. The van der Waals surface area contributed by atoms with Crippen LogP contribution in [0.25, 0.3) is 0 Å². The fourth-order valence-electron chi connectivity index (χ4n) is 1.53. The van der Waals surface area contributed by atoms with Crippen LogP contribution in [0.15, 0.2) is 12.2 Å². The average molecular weight is 230 g/mol. The number of hydrogen-bond donors (Lipinski definition) is 0. The van der Waals surface area contributed by atoms with Crippen LogP contribution in [0, 0.1) is 0 Å². The molecular weight excluding hydrogens is 204 g/mol. The molecule has 0 aromatic rings. The molecule has 0 aromatic heterocycles. The highest BCUT2D eigenvalue weighted by Gasteiger charge is 2.23. The Kier molecular flexibility index (Phi) is 5.78. The summed E-state index contributed by atoms with van der Waals surface area (Å²) in [5, 5.41) is 0. The van der Waals surface area contributed by atoms with Crippen molar-refractivity contribution in [2.45, 2.75) is 51.2 Å². The maximum Gasteiger partial charge on any atom is 0.165 e. The molecule has 0 aliphatic heterocycles. The van der Waals surface area contributed by atoms with Crippen LogP contribution in [-0.4, -0.2) is 28.1 Å². The van der Waals surface area contributed by atoms with Gasteiger partial charge in [0.15, 0.2) is 5.79 Å². The molecule has 0 aliphatic carbocycles. The quantitative estimate of drug-likeness (QED) is 0.377. The summed E-state index contributed by atoms with van der Waals surface area (Å²) in [5.41, 5.74) is 1.33. The minimum atomic E-state index is -1.02. The van der Waals surface area contributed by atoms with Crippen molar-refractivity contribution in [3.8, 4) is 0 Å². The zero-order chi connectivity index (χ0) is 12.1. The van der Waals surface area contributed by atoms with Crippen molar-refractivity contribution < 1.29 is 9.47 Å². The van der Waals surface area contributed by atoms with Crippen LogP contribution < -0.4 is 0 Å². The van der Waals surface area contributed by atoms with Gasteiger partial charge in [-0.25, -0.2) is 0 Å². The summed E-state index contributed by atoms with van der Waals surface area (Å²) >= 11 is 0. The Hall–Kier alpha value is -0.123. The fourth-order valence-corrected chi connectivity index (χ4v) is 3.21. The van der Waals surface area contributed by atoms with Gasteiger partial charge in [0, 0.05) is 28.7 Å². The second-order valence-corrected chi connectivity index (χ2v) is 11.0. The lowest BCUT2D eigenvalue weighted by atomic mass is 10.1. The van der Waals surface area contributed by atoms with E-state index in [-0.39, 0.29) is 0 Å². The molecule has 0 aliphatic rings. The summed E-state index contributed by atoms with van der Waals surface area (Å²) in [7, 11) is 2.35. The number of hydrogen-bond acceptors (Lipinski definition) is 2. The first-order chi connectivity index (χ1) is 6.72. The Labute approximate surface area is 95.7 Å². The van der Waals surface area contributed by atoms with E-state index in [4.69, 9.17) is 9.47 Å². The van der Waals surface area contributed by atoms with Crippen molar-refractivity contribution in [1.82, 2.24) is 0 Å². The molecule has 90 valence electrons. The van der Waals surface area contributed by atoms with Gasteiger partial charge in [0.05, 0.1) is 0 Å². The molecule has 15 heavy (non-hydrogen) atoms. The van der Waals surface area contributed by atoms with E-state index in [1.807, 2.05) is 6.92 Å². The van der Waals surface area contributed by atoms with Crippen molar-refractivity contribution in [1.29, 1.82) is 0 Å². The first-order valence-corrected chi connectivity index (χ1v) is 9.20. The predicted octanol–water partition coefficient (Wildman–Crippen LogP) is 3.67. The van der Waals surface area contributed by atoms with Gasteiger partial charge >= 0.3 is 0 Å². The van der Waals surface area contributed by atoms with E-state index in [2.05, 4.69) is 26.2 Å². The molecule has 0 heterocycles. The maximum absolute atomic E-state index is 5.32. The van der Waals surface area contributed by atoms with Gasteiger partial charge in [-0.05, 0) is 19.4 Å². The van der Waals surface area contributed by atoms with Gasteiger partial charge in [-0.2, -0.15) is 0 Å². The van der Waals surface area contributed by atoms with Gasteiger partial charge in [0.1, 0.15) is 0 Å². The van der Waals surface area contributed by atoms with Gasteiger partial charge in [-0.15, -0.1) is 6.58 Å². The Morgan fingerprint density at radius 1 is 1.20 bits per heavy atom. The second-order valence-electron chi connectivity index (χ2n) is 5.53. The summed E-state index contributed by atoms with van der Waals surface area (Å²) in [6.07, 6.45) is 1.87. The Morgan fingerprint density at radius 3 is 2.00 bits per heavy atom. The molecule has 0 bridgehead atoms. The lowest BCUT2D eigenvalue weighted by Crippen LogP contribution is -2.30. The Balaban J connectivity index is 4.00. The SMILES string of the molecule is C=C(CCC(C)(OC)OC)C[Si](C)(C)C. The molecule has 0 radical (unpaired) electrons. The van der Waals surface area contributed by atoms with Crippen molar-refractivity contribution >= 4 is 8.07 Å². The van der Waals surface area contributed by atoms with Crippen molar-refractivity contribution in [2.24, 2.45) is 0 Å². The number of methoxy groups -OCH3 is 2. The van der Waals surface area contributed by atoms with Crippen LogP contribution in [0.5, 0.6) is 0 Å². The zero-order valence-electron chi connectivity index (χ0n) is 11.1. The van der Waals surface area contributed by atoms with Crippen LogP contribution >= 0.6 is 0 Å². The summed E-state index contributed by atoms with van der Waals surface area (Å²) in [6, 6.07) is 1.19. The predicted molar refractivity (Wildman–Crippen MR) is 69.0 cm³/mol. The minimum absolute atomic E-state index is 0.456. The number of allylic oxidation sites excluding steroid dienone is 1. The van der Waals surface area contributed by atoms with E-state index in [1.54, 1.807) is 14.2 Å². The molecule has 0 N–H and O–H groups in total. The summed E-state index contributed by atoms with van der Waals surface area (Å²) in [5.74, 6) is -0.456. The van der Waals surface area contributed by atoms with Gasteiger partial charge in [-0.1, -0.05) is 25.2 Å². The Bertz CT molecular complexity index is 202. The van der Waals surface area contributed by atoms with E-state index in [0.29, 0.717) is 0 Å².